The van der Waals surface area contributed by atoms with Gasteiger partial charge in [-0.15, -0.1) is 0 Å². The van der Waals surface area contributed by atoms with Gasteiger partial charge in [-0.2, -0.15) is 5.10 Å². The van der Waals surface area contributed by atoms with E-state index in [1.807, 2.05) is 0 Å². The Morgan fingerprint density at radius 3 is 2.58 bits per heavy atom. The van der Waals surface area contributed by atoms with E-state index in [0.717, 1.165) is 38.1 Å². The fourth-order valence-corrected chi connectivity index (χ4v) is 5.55. The highest BCUT2D eigenvalue weighted by atomic mass is 16.5. The maximum absolute atomic E-state index is 6.75. The number of fused-ring (bicyclic) bond motifs is 5. The summed E-state index contributed by atoms with van der Waals surface area (Å²) < 4.78 is 6.75. The number of hydrazone groups is 1. The fourth-order valence-electron chi connectivity index (χ4n) is 5.55. The Morgan fingerprint density at radius 1 is 0.968 bits per heavy atom. The molecule has 0 bridgehead atoms. The van der Waals surface area contributed by atoms with E-state index in [9.17, 15) is 0 Å². The number of hydrogen-bond donors (Lipinski definition) is 0. The smallest absolute Gasteiger partial charge is 0.200 e. The van der Waals surface area contributed by atoms with Crippen LogP contribution in [0.25, 0.3) is 10.8 Å². The lowest BCUT2D eigenvalue weighted by molar-refractivity contribution is -0.149. The van der Waals surface area contributed by atoms with Crippen molar-refractivity contribution in [3.05, 3.63) is 77.9 Å². The van der Waals surface area contributed by atoms with Gasteiger partial charge in [-0.3, -0.25) is 0 Å². The minimum absolute atomic E-state index is 0.254. The van der Waals surface area contributed by atoms with Gasteiger partial charge in [0.1, 0.15) is 5.75 Å². The van der Waals surface area contributed by atoms with Crippen LogP contribution in [0.5, 0.6) is 5.75 Å². The Hall–Kier alpha value is -2.85. The van der Waals surface area contributed by atoms with Crippen LogP contribution in [0.15, 0.2) is 71.8 Å². The highest BCUT2D eigenvalue weighted by Gasteiger charge is 2.51. The number of piperidine rings is 1. The van der Waals surface area contributed by atoms with Crippen LogP contribution in [0.2, 0.25) is 0 Å². The Bertz CT molecular complexity index is 1150. The molecule has 1 fully saturated rings. The van der Waals surface area contributed by atoms with Gasteiger partial charge in [-0.25, -0.2) is 5.01 Å². The SMILES string of the molecule is CCCN1CCC2(CC1)Oc1ccccc1[C@H]1CC(c3ccc4ccccc4c3)=NN12. The maximum Gasteiger partial charge on any atom is 0.200 e. The van der Waals surface area contributed by atoms with Gasteiger partial charge in [-0.05, 0) is 41.4 Å². The van der Waals surface area contributed by atoms with Crippen molar-refractivity contribution in [3.8, 4) is 5.75 Å². The van der Waals surface area contributed by atoms with E-state index < -0.39 is 0 Å². The van der Waals surface area contributed by atoms with Crippen molar-refractivity contribution in [3.63, 3.8) is 0 Å². The molecule has 0 unspecified atom stereocenters. The molecule has 3 aromatic carbocycles. The van der Waals surface area contributed by atoms with Crippen molar-refractivity contribution in [2.24, 2.45) is 5.10 Å². The zero-order valence-corrected chi connectivity index (χ0v) is 18.1. The normalized spacial score (nSPS) is 22.2. The Balaban J connectivity index is 1.39. The molecule has 3 aromatic rings. The standard InChI is InChI=1S/C27H29N3O/c1-2-15-29-16-13-27(14-17-29)30-25(23-9-5-6-10-26(23)31-27)19-24(28-30)22-12-11-20-7-3-4-8-21(20)18-22/h3-12,18,25H,2,13-17,19H2,1H3/t25-/m1/s1. The number of benzene rings is 3. The van der Waals surface area contributed by atoms with E-state index in [2.05, 4.69) is 83.6 Å². The number of likely N-dealkylation sites (tertiary alicyclic amines) is 1. The molecule has 4 nitrogen and oxygen atoms in total. The highest BCUT2D eigenvalue weighted by molar-refractivity contribution is 6.04. The first-order valence-electron chi connectivity index (χ1n) is 11.6. The molecule has 158 valence electrons. The third-order valence-corrected chi connectivity index (χ3v) is 7.17. The predicted molar refractivity (Wildman–Crippen MR) is 125 cm³/mol. The van der Waals surface area contributed by atoms with Gasteiger partial charge in [0.05, 0.1) is 11.8 Å². The van der Waals surface area contributed by atoms with Crippen molar-refractivity contribution >= 4 is 16.5 Å². The molecular formula is C27H29N3O. The molecule has 1 atom stereocenters. The van der Waals surface area contributed by atoms with E-state index in [-0.39, 0.29) is 11.8 Å². The molecule has 1 saturated heterocycles. The molecule has 4 heteroatoms. The fraction of sp³-hybridized carbons (Fsp3) is 0.370. The average Bonchev–Trinajstić information content (AvgIpc) is 3.28. The maximum atomic E-state index is 6.75. The van der Waals surface area contributed by atoms with Gasteiger partial charge in [0.2, 0.25) is 5.72 Å². The van der Waals surface area contributed by atoms with Crippen LogP contribution in [0.3, 0.4) is 0 Å². The lowest BCUT2D eigenvalue weighted by Gasteiger charge is -2.51. The summed E-state index contributed by atoms with van der Waals surface area (Å²) in [4.78, 5) is 2.56. The Labute approximate surface area is 184 Å². The van der Waals surface area contributed by atoms with Crippen LogP contribution in [0.1, 0.15) is 49.8 Å². The monoisotopic (exact) mass is 411 g/mol. The summed E-state index contributed by atoms with van der Waals surface area (Å²) in [6.45, 7) is 5.57. The van der Waals surface area contributed by atoms with Crippen LogP contribution in [0, 0.1) is 0 Å². The van der Waals surface area contributed by atoms with Crippen LogP contribution in [0.4, 0.5) is 0 Å². The quantitative estimate of drug-likeness (QED) is 0.563. The molecule has 6 rings (SSSR count). The molecule has 0 radical (unpaired) electrons. The molecule has 1 spiro atoms. The summed E-state index contributed by atoms with van der Waals surface area (Å²) in [5.41, 5.74) is 3.33. The second-order valence-electron chi connectivity index (χ2n) is 9.10. The first kappa shape index (κ1) is 18.9. The summed E-state index contributed by atoms with van der Waals surface area (Å²) in [5.74, 6) is 1.04. The van der Waals surface area contributed by atoms with E-state index >= 15 is 0 Å². The lowest BCUT2D eigenvalue weighted by atomic mass is 9.90. The van der Waals surface area contributed by atoms with Crippen LogP contribution in [-0.4, -0.2) is 41.0 Å². The van der Waals surface area contributed by atoms with Gasteiger partial charge < -0.3 is 9.64 Å². The predicted octanol–water partition coefficient (Wildman–Crippen LogP) is 5.59. The number of ether oxygens (including phenoxy) is 1. The number of rotatable bonds is 3. The van der Waals surface area contributed by atoms with E-state index in [1.54, 1.807) is 0 Å². The molecule has 0 aliphatic carbocycles. The zero-order chi connectivity index (χ0) is 20.8. The van der Waals surface area contributed by atoms with Crippen molar-refractivity contribution in [2.75, 3.05) is 19.6 Å². The van der Waals surface area contributed by atoms with Gasteiger partial charge in [-0.1, -0.05) is 61.5 Å². The molecular weight excluding hydrogens is 382 g/mol. The summed E-state index contributed by atoms with van der Waals surface area (Å²) in [5, 5.41) is 10.1. The minimum Gasteiger partial charge on any atom is -0.466 e. The molecule has 0 N–H and O–H groups in total. The topological polar surface area (TPSA) is 28.1 Å². The van der Waals surface area contributed by atoms with Crippen LogP contribution < -0.4 is 4.74 Å². The number of para-hydroxylation sites is 1. The molecule has 3 aliphatic rings. The highest BCUT2D eigenvalue weighted by Crippen LogP contribution is 2.49. The first-order chi connectivity index (χ1) is 15.3. The summed E-state index contributed by atoms with van der Waals surface area (Å²) in [7, 11) is 0. The summed E-state index contributed by atoms with van der Waals surface area (Å²) in [6, 6.07) is 24.1. The zero-order valence-electron chi connectivity index (χ0n) is 18.1. The van der Waals surface area contributed by atoms with Crippen molar-refractivity contribution in [1.82, 2.24) is 9.91 Å². The third-order valence-electron chi connectivity index (χ3n) is 7.17. The van der Waals surface area contributed by atoms with Crippen molar-refractivity contribution in [2.45, 2.75) is 44.4 Å². The van der Waals surface area contributed by atoms with Crippen LogP contribution >= 0.6 is 0 Å². The largest absolute Gasteiger partial charge is 0.466 e. The molecule has 3 heterocycles. The van der Waals surface area contributed by atoms with Gasteiger partial charge in [0.25, 0.3) is 0 Å². The average molecular weight is 412 g/mol. The molecule has 31 heavy (non-hydrogen) atoms. The minimum atomic E-state index is -0.331. The van der Waals surface area contributed by atoms with Crippen molar-refractivity contribution in [1.29, 1.82) is 0 Å². The summed E-state index contributed by atoms with van der Waals surface area (Å²) >= 11 is 0. The van der Waals surface area contributed by atoms with E-state index in [1.165, 1.54) is 40.6 Å². The third kappa shape index (κ3) is 3.12. The lowest BCUT2D eigenvalue weighted by Crippen LogP contribution is -2.59. The molecule has 0 saturated carbocycles. The Kier molecular flexibility index (Phi) is 4.50. The van der Waals surface area contributed by atoms with Crippen molar-refractivity contribution < 1.29 is 4.74 Å². The van der Waals surface area contributed by atoms with Gasteiger partial charge >= 0.3 is 0 Å². The summed E-state index contributed by atoms with van der Waals surface area (Å²) in [6.07, 6.45) is 4.12. The molecule has 0 amide bonds. The second kappa shape index (κ2) is 7.38. The Morgan fingerprint density at radius 2 is 1.74 bits per heavy atom. The first-order valence-corrected chi connectivity index (χ1v) is 11.6. The molecule has 3 aliphatic heterocycles. The number of nitrogens with zero attached hydrogens (tertiary/aromatic N) is 3. The molecule has 0 aromatic heterocycles. The van der Waals surface area contributed by atoms with Gasteiger partial charge in [0.15, 0.2) is 0 Å². The van der Waals surface area contributed by atoms with E-state index in [4.69, 9.17) is 9.84 Å². The van der Waals surface area contributed by atoms with Crippen LogP contribution in [-0.2, 0) is 0 Å². The van der Waals surface area contributed by atoms with Gasteiger partial charge in [0, 0.05) is 37.9 Å². The second-order valence-corrected chi connectivity index (χ2v) is 9.10. The number of hydrogen-bond acceptors (Lipinski definition) is 4. The van der Waals surface area contributed by atoms with E-state index in [0.29, 0.717) is 0 Å².